The molecule has 0 aromatic heterocycles. The standard InChI is InChI=1S/C13H28O3Si/c1-11(7-8-12-13(2,3)16-12)9-10-17(6,14-4)15-5/h11-12H,7-10H2,1-6H3. The van der Waals surface area contributed by atoms with Gasteiger partial charge in [-0.2, -0.15) is 0 Å². The van der Waals surface area contributed by atoms with Gasteiger partial charge in [-0.3, -0.25) is 0 Å². The van der Waals surface area contributed by atoms with E-state index < -0.39 is 8.56 Å². The molecule has 1 rings (SSSR count). The first-order chi connectivity index (χ1) is 7.83. The van der Waals surface area contributed by atoms with Crippen molar-refractivity contribution in [2.75, 3.05) is 14.2 Å². The van der Waals surface area contributed by atoms with E-state index in [1.807, 2.05) is 0 Å². The second kappa shape index (κ2) is 5.82. The lowest BCUT2D eigenvalue weighted by Gasteiger charge is -2.24. The van der Waals surface area contributed by atoms with Crippen LogP contribution in [0.15, 0.2) is 0 Å². The molecule has 0 radical (unpaired) electrons. The van der Waals surface area contributed by atoms with Crippen LogP contribution >= 0.6 is 0 Å². The quantitative estimate of drug-likeness (QED) is 0.495. The number of rotatable bonds is 8. The summed E-state index contributed by atoms with van der Waals surface area (Å²) in [6.45, 7) is 8.78. The number of epoxide rings is 1. The molecule has 0 saturated carbocycles. The van der Waals surface area contributed by atoms with Crippen LogP contribution in [0.5, 0.6) is 0 Å². The number of hydrogen-bond acceptors (Lipinski definition) is 3. The summed E-state index contributed by atoms with van der Waals surface area (Å²) in [5.41, 5.74) is 0.141. The van der Waals surface area contributed by atoms with Crippen LogP contribution in [-0.2, 0) is 13.6 Å². The molecule has 102 valence electrons. The predicted octanol–water partition coefficient (Wildman–Crippen LogP) is 3.34. The van der Waals surface area contributed by atoms with Gasteiger partial charge < -0.3 is 13.6 Å². The first-order valence-electron chi connectivity index (χ1n) is 6.61. The molecule has 1 aliphatic rings. The minimum Gasteiger partial charge on any atom is -0.398 e. The molecule has 2 unspecified atom stereocenters. The molecule has 2 atom stereocenters. The Labute approximate surface area is 107 Å². The molecule has 0 spiro atoms. The van der Waals surface area contributed by atoms with Crippen LogP contribution in [0.1, 0.15) is 40.0 Å². The first kappa shape index (κ1) is 15.2. The Morgan fingerprint density at radius 2 is 1.76 bits per heavy atom. The van der Waals surface area contributed by atoms with Gasteiger partial charge in [0.1, 0.15) is 0 Å². The zero-order valence-electron chi connectivity index (χ0n) is 12.2. The van der Waals surface area contributed by atoms with Crippen molar-refractivity contribution in [1.29, 1.82) is 0 Å². The van der Waals surface area contributed by atoms with Crippen LogP contribution in [-0.4, -0.2) is 34.5 Å². The van der Waals surface area contributed by atoms with Crippen molar-refractivity contribution in [3.8, 4) is 0 Å². The van der Waals surface area contributed by atoms with Gasteiger partial charge in [0.15, 0.2) is 0 Å². The SMILES string of the molecule is CO[Si](C)(CCC(C)CCC1OC1(C)C)OC. The Hall–Kier alpha value is 0.0969. The Balaban J connectivity index is 2.15. The van der Waals surface area contributed by atoms with E-state index >= 15 is 0 Å². The molecular weight excluding hydrogens is 232 g/mol. The lowest BCUT2D eigenvalue weighted by Crippen LogP contribution is -2.36. The van der Waals surface area contributed by atoms with Crippen LogP contribution in [0.25, 0.3) is 0 Å². The molecule has 0 aromatic rings. The van der Waals surface area contributed by atoms with Crippen molar-refractivity contribution in [3.63, 3.8) is 0 Å². The topological polar surface area (TPSA) is 31.0 Å². The lowest BCUT2D eigenvalue weighted by molar-refractivity contribution is 0.245. The molecule has 0 aliphatic carbocycles. The summed E-state index contributed by atoms with van der Waals surface area (Å²) in [7, 11) is 1.67. The highest BCUT2D eigenvalue weighted by Gasteiger charge is 2.47. The zero-order valence-corrected chi connectivity index (χ0v) is 13.2. The van der Waals surface area contributed by atoms with Gasteiger partial charge in [-0.15, -0.1) is 0 Å². The molecule has 0 amide bonds. The maximum atomic E-state index is 5.60. The summed E-state index contributed by atoms with van der Waals surface area (Å²) in [5.74, 6) is 0.729. The smallest absolute Gasteiger partial charge is 0.334 e. The van der Waals surface area contributed by atoms with Crippen molar-refractivity contribution in [2.24, 2.45) is 5.92 Å². The van der Waals surface area contributed by atoms with E-state index in [0.717, 1.165) is 12.0 Å². The fourth-order valence-corrected chi connectivity index (χ4v) is 3.71. The molecule has 0 aromatic carbocycles. The molecule has 4 heteroatoms. The van der Waals surface area contributed by atoms with Crippen molar-refractivity contribution in [2.45, 2.75) is 64.3 Å². The minimum absolute atomic E-state index is 0.141. The monoisotopic (exact) mass is 260 g/mol. The van der Waals surface area contributed by atoms with E-state index in [2.05, 4.69) is 27.3 Å². The highest BCUT2D eigenvalue weighted by Crippen LogP contribution is 2.39. The van der Waals surface area contributed by atoms with Crippen molar-refractivity contribution >= 4 is 8.56 Å². The third-order valence-corrected chi connectivity index (χ3v) is 6.96. The third-order valence-electron chi connectivity index (χ3n) is 4.04. The van der Waals surface area contributed by atoms with E-state index in [-0.39, 0.29) is 5.60 Å². The minimum atomic E-state index is -1.86. The Morgan fingerprint density at radius 1 is 1.24 bits per heavy atom. The van der Waals surface area contributed by atoms with Crippen molar-refractivity contribution < 1.29 is 13.6 Å². The van der Waals surface area contributed by atoms with Gasteiger partial charge in [0.25, 0.3) is 0 Å². The predicted molar refractivity (Wildman–Crippen MR) is 72.4 cm³/mol. The van der Waals surface area contributed by atoms with Gasteiger partial charge in [-0.25, -0.2) is 0 Å². The van der Waals surface area contributed by atoms with Crippen LogP contribution < -0.4 is 0 Å². The summed E-state index contributed by atoms with van der Waals surface area (Å²) in [5, 5.41) is 0. The van der Waals surface area contributed by atoms with E-state index in [1.54, 1.807) is 14.2 Å². The molecule has 17 heavy (non-hydrogen) atoms. The molecule has 1 saturated heterocycles. The zero-order chi connectivity index (χ0) is 13.1. The largest absolute Gasteiger partial charge is 0.398 e. The maximum absolute atomic E-state index is 5.60. The highest BCUT2D eigenvalue weighted by atomic mass is 28.4. The summed E-state index contributed by atoms with van der Waals surface area (Å²) >= 11 is 0. The van der Waals surface area contributed by atoms with Crippen LogP contribution in [0, 0.1) is 5.92 Å². The average Bonchev–Trinajstić information content (AvgIpc) is 2.91. The van der Waals surface area contributed by atoms with E-state index in [9.17, 15) is 0 Å². The van der Waals surface area contributed by atoms with Gasteiger partial charge in [0.2, 0.25) is 0 Å². The molecule has 1 aliphatic heterocycles. The summed E-state index contributed by atoms with van der Waals surface area (Å²) in [4.78, 5) is 0. The Kier molecular flexibility index (Phi) is 5.19. The lowest BCUT2D eigenvalue weighted by atomic mass is 9.98. The molecule has 0 N–H and O–H groups in total. The van der Waals surface area contributed by atoms with Gasteiger partial charge in [0, 0.05) is 14.2 Å². The fraction of sp³-hybridized carbons (Fsp3) is 1.00. The fourth-order valence-electron chi connectivity index (χ4n) is 2.12. The van der Waals surface area contributed by atoms with E-state index in [4.69, 9.17) is 13.6 Å². The van der Waals surface area contributed by atoms with Crippen molar-refractivity contribution in [3.05, 3.63) is 0 Å². The molecule has 1 heterocycles. The second-order valence-electron chi connectivity index (χ2n) is 5.97. The third kappa shape index (κ3) is 4.70. The molecular formula is C13H28O3Si. The van der Waals surface area contributed by atoms with Crippen LogP contribution in [0.3, 0.4) is 0 Å². The van der Waals surface area contributed by atoms with Crippen molar-refractivity contribution in [1.82, 2.24) is 0 Å². The second-order valence-corrected chi connectivity index (χ2v) is 9.56. The van der Waals surface area contributed by atoms with Crippen LogP contribution in [0.4, 0.5) is 0 Å². The summed E-state index contributed by atoms with van der Waals surface area (Å²) in [6.07, 6.45) is 4.11. The van der Waals surface area contributed by atoms with Gasteiger partial charge in [0.05, 0.1) is 11.7 Å². The number of hydrogen-bond donors (Lipinski definition) is 0. The van der Waals surface area contributed by atoms with E-state index in [0.29, 0.717) is 6.10 Å². The Bertz CT molecular complexity index is 239. The first-order valence-corrected chi connectivity index (χ1v) is 9.13. The summed E-state index contributed by atoms with van der Waals surface area (Å²) in [6, 6.07) is 1.08. The van der Waals surface area contributed by atoms with Gasteiger partial charge in [-0.1, -0.05) is 6.92 Å². The normalized spacial score (nSPS) is 24.7. The maximum Gasteiger partial charge on any atom is 0.334 e. The summed E-state index contributed by atoms with van der Waals surface area (Å²) < 4.78 is 16.6. The van der Waals surface area contributed by atoms with E-state index in [1.165, 1.54) is 19.3 Å². The molecule has 1 fully saturated rings. The van der Waals surface area contributed by atoms with Crippen LogP contribution in [0.2, 0.25) is 12.6 Å². The molecule has 3 nitrogen and oxygen atoms in total. The Morgan fingerprint density at radius 3 is 2.18 bits per heavy atom. The number of ether oxygens (including phenoxy) is 1. The highest BCUT2D eigenvalue weighted by molar-refractivity contribution is 6.65. The average molecular weight is 260 g/mol. The van der Waals surface area contributed by atoms with Gasteiger partial charge >= 0.3 is 8.56 Å². The van der Waals surface area contributed by atoms with Gasteiger partial charge in [-0.05, 0) is 51.6 Å². The molecule has 0 bridgehead atoms.